The van der Waals surface area contributed by atoms with Crippen molar-refractivity contribution in [3.05, 3.63) is 0 Å². The van der Waals surface area contributed by atoms with Gasteiger partial charge >= 0.3 is 5.97 Å². The third-order valence-electron chi connectivity index (χ3n) is 6.02. The summed E-state index contributed by atoms with van der Waals surface area (Å²) < 4.78 is 6.99. The van der Waals surface area contributed by atoms with Crippen LogP contribution in [0, 0.1) is 11.8 Å². The molecule has 3 fully saturated rings. The second kappa shape index (κ2) is 5.08. The van der Waals surface area contributed by atoms with Crippen molar-refractivity contribution in [2.75, 3.05) is 20.1 Å². The number of carbonyl (C=O) groups is 1. The second-order valence-corrected chi connectivity index (χ2v) is 7.21. The van der Waals surface area contributed by atoms with Crippen LogP contribution < -0.4 is 0 Å². The van der Waals surface area contributed by atoms with E-state index in [1.807, 2.05) is 0 Å². The molecule has 1 aliphatic heterocycles. The Morgan fingerprint density at radius 1 is 1.05 bits per heavy atom. The minimum atomic E-state index is -0.0772. The maximum atomic E-state index is 11.4. The van der Waals surface area contributed by atoms with E-state index in [-0.39, 0.29) is 12.1 Å². The van der Waals surface area contributed by atoms with Crippen molar-refractivity contribution in [1.82, 2.24) is 0 Å². The van der Waals surface area contributed by atoms with Gasteiger partial charge in [-0.15, -0.1) is 0 Å². The predicted octanol–water partition coefficient (Wildman–Crippen LogP) is 2.74. The Kier molecular flexibility index (Phi) is 3.59. The molecule has 108 valence electrons. The summed E-state index contributed by atoms with van der Waals surface area (Å²) in [6.07, 6.45) is 9.47. The molecule has 0 spiro atoms. The molecule has 2 bridgehead atoms. The molecule has 0 unspecified atom stereocenters. The molecule has 1 saturated heterocycles. The highest BCUT2D eigenvalue weighted by Gasteiger charge is 2.51. The van der Waals surface area contributed by atoms with E-state index in [4.69, 9.17) is 4.74 Å². The fourth-order valence-electron chi connectivity index (χ4n) is 5.15. The average Bonchev–Trinajstić information content (AvgIpc) is 2.76. The Balaban J connectivity index is 1.80. The Morgan fingerprint density at radius 2 is 1.79 bits per heavy atom. The van der Waals surface area contributed by atoms with Gasteiger partial charge in [0.2, 0.25) is 0 Å². The highest BCUT2D eigenvalue weighted by atomic mass is 16.5. The number of likely N-dealkylation sites (tertiary alicyclic amines) is 1. The first-order valence-electron chi connectivity index (χ1n) is 8.11. The fraction of sp³-hybridized carbons (Fsp3) is 0.938. The van der Waals surface area contributed by atoms with Crippen LogP contribution in [0.25, 0.3) is 0 Å². The van der Waals surface area contributed by atoms with Gasteiger partial charge in [-0.1, -0.05) is 6.42 Å². The minimum Gasteiger partial charge on any atom is -0.462 e. The summed E-state index contributed by atoms with van der Waals surface area (Å²) in [6.45, 7) is 4.24. The lowest BCUT2D eigenvalue weighted by Gasteiger charge is -2.51. The first kappa shape index (κ1) is 13.4. The van der Waals surface area contributed by atoms with Gasteiger partial charge in [0.15, 0.2) is 0 Å². The summed E-state index contributed by atoms with van der Waals surface area (Å²) in [7, 11) is 2.44. The van der Waals surface area contributed by atoms with Crippen LogP contribution in [0.5, 0.6) is 0 Å². The van der Waals surface area contributed by atoms with E-state index >= 15 is 0 Å². The van der Waals surface area contributed by atoms with Crippen molar-refractivity contribution in [1.29, 1.82) is 0 Å². The number of hydrogen-bond donors (Lipinski definition) is 0. The van der Waals surface area contributed by atoms with Crippen molar-refractivity contribution < 1.29 is 14.0 Å². The lowest BCUT2D eigenvalue weighted by molar-refractivity contribution is -0.928. The van der Waals surface area contributed by atoms with E-state index in [1.165, 1.54) is 62.5 Å². The molecule has 3 nitrogen and oxygen atoms in total. The van der Waals surface area contributed by atoms with E-state index in [0.29, 0.717) is 11.8 Å². The van der Waals surface area contributed by atoms with E-state index in [9.17, 15) is 4.79 Å². The minimum absolute atomic E-state index is 0.0772. The number of nitrogens with zero attached hydrogens (tertiary/aromatic N) is 1. The Bertz CT molecular complexity index is 349. The quantitative estimate of drug-likeness (QED) is 0.567. The van der Waals surface area contributed by atoms with Gasteiger partial charge in [-0.05, 0) is 25.2 Å². The molecule has 3 rings (SSSR count). The molecule has 0 amide bonds. The molecule has 4 atom stereocenters. The second-order valence-electron chi connectivity index (χ2n) is 7.21. The van der Waals surface area contributed by atoms with Crippen LogP contribution >= 0.6 is 0 Å². The lowest BCUT2D eigenvalue weighted by atomic mass is 9.66. The van der Waals surface area contributed by atoms with Gasteiger partial charge in [0.25, 0.3) is 0 Å². The Labute approximate surface area is 116 Å². The van der Waals surface area contributed by atoms with E-state index in [2.05, 4.69) is 7.05 Å². The van der Waals surface area contributed by atoms with Gasteiger partial charge in [0, 0.05) is 32.1 Å². The summed E-state index contributed by atoms with van der Waals surface area (Å²) in [4.78, 5) is 11.4. The largest absolute Gasteiger partial charge is 0.462 e. The van der Waals surface area contributed by atoms with Gasteiger partial charge in [-0.25, -0.2) is 0 Å². The lowest BCUT2D eigenvalue weighted by Crippen LogP contribution is -2.60. The van der Waals surface area contributed by atoms with Crippen LogP contribution in [0.3, 0.4) is 0 Å². The maximum absolute atomic E-state index is 11.4. The molecule has 0 aromatic heterocycles. The number of rotatable bonds is 2. The first-order chi connectivity index (χ1) is 9.10. The van der Waals surface area contributed by atoms with Crippen molar-refractivity contribution in [3.63, 3.8) is 0 Å². The zero-order chi connectivity index (χ0) is 13.5. The van der Waals surface area contributed by atoms with E-state index in [0.717, 1.165) is 6.04 Å². The molecule has 0 aromatic rings. The molecule has 19 heavy (non-hydrogen) atoms. The van der Waals surface area contributed by atoms with Gasteiger partial charge in [0.05, 0.1) is 26.2 Å². The molecular formula is C16H28NO2+. The number of quaternary nitrogens is 1. The SMILES string of the molecule is CC(=O)O[C@@H]1[C@H]2CCC[C@H]1[C@H]([N+]1(C)CCCC1)CC2. The Hall–Kier alpha value is -0.570. The van der Waals surface area contributed by atoms with Crippen molar-refractivity contribution in [3.8, 4) is 0 Å². The summed E-state index contributed by atoms with van der Waals surface area (Å²) in [5.41, 5.74) is 0. The number of carbonyl (C=O) groups excluding carboxylic acids is 1. The van der Waals surface area contributed by atoms with Crippen LogP contribution in [0.2, 0.25) is 0 Å². The van der Waals surface area contributed by atoms with Crippen molar-refractivity contribution >= 4 is 5.97 Å². The van der Waals surface area contributed by atoms with E-state index in [1.54, 1.807) is 6.92 Å². The van der Waals surface area contributed by atoms with Crippen LogP contribution in [0.4, 0.5) is 0 Å². The maximum Gasteiger partial charge on any atom is 0.302 e. The van der Waals surface area contributed by atoms with Gasteiger partial charge in [0.1, 0.15) is 6.10 Å². The molecule has 0 aromatic carbocycles. The van der Waals surface area contributed by atoms with Crippen LogP contribution in [-0.2, 0) is 9.53 Å². The van der Waals surface area contributed by atoms with Crippen LogP contribution in [-0.4, -0.2) is 42.7 Å². The predicted molar refractivity (Wildman–Crippen MR) is 74.6 cm³/mol. The topological polar surface area (TPSA) is 26.3 Å². The van der Waals surface area contributed by atoms with Gasteiger partial charge in [-0.3, -0.25) is 4.79 Å². The zero-order valence-electron chi connectivity index (χ0n) is 12.4. The monoisotopic (exact) mass is 266 g/mol. The first-order valence-corrected chi connectivity index (χ1v) is 8.11. The number of esters is 1. The molecule has 3 heteroatoms. The zero-order valence-corrected chi connectivity index (χ0v) is 12.4. The van der Waals surface area contributed by atoms with Gasteiger partial charge in [-0.2, -0.15) is 0 Å². The van der Waals surface area contributed by atoms with Gasteiger partial charge < -0.3 is 9.22 Å². The normalized spacial score (nSPS) is 40.9. The van der Waals surface area contributed by atoms with Crippen LogP contribution in [0.1, 0.15) is 51.9 Å². The average molecular weight is 266 g/mol. The Morgan fingerprint density at radius 3 is 2.47 bits per heavy atom. The molecule has 1 heterocycles. The van der Waals surface area contributed by atoms with Crippen molar-refractivity contribution in [2.45, 2.75) is 64.0 Å². The summed E-state index contributed by atoms with van der Waals surface area (Å²) in [6, 6.07) is 0.739. The number of ether oxygens (including phenoxy) is 1. The number of hydrogen-bond acceptors (Lipinski definition) is 2. The molecule has 2 saturated carbocycles. The highest BCUT2D eigenvalue weighted by Crippen LogP contribution is 2.46. The van der Waals surface area contributed by atoms with Crippen molar-refractivity contribution in [2.24, 2.45) is 11.8 Å². The number of fused-ring (bicyclic) bond motifs is 2. The standard InChI is InChI=1S/C16H28NO2/c1-12(18)19-16-13-6-5-7-14(16)15(9-8-13)17(2)10-3-4-11-17/h13-16H,3-11H2,1-2H3/q+1/t13-,14-,15+,16+/m0/s1. The third kappa shape index (κ3) is 2.42. The van der Waals surface area contributed by atoms with Crippen LogP contribution in [0.15, 0.2) is 0 Å². The highest BCUT2D eigenvalue weighted by molar-refractivity contribution is 5.66. The molecule has 0 radical (unpaired) electrons. The molecular weight excluding hydrogens is 238 g/mol. The summed E-state index contributed by atoms with van der Waals surface area (Å²) >= 11 is 0. The molecule has 2 aliphatic carbocycles. The third-order valence-corrected chi connectivity index (χ3v) is 6.02. The smallest absolute Gasteiger partial charge is 0.302 e. The molecule has 3 aliphatic rings. The summed E-state index contributed by atoms with van der Waals surface area (Å²) in [5, 5.41) is 0. The fourth-order valence-corrected chi connectivity index (χ4v) is 5.15. The summed E-state index contributed by atoms with van der Waals surface area (Å²) in [5.74, 6) is 1.19. The van der Waals surface area contributed by atoms with E-state index < -0.39 is 0 Å². The molecule has 0 N–H and O–H groups in total.